The number of amides is 2. The van der Waals surface area contributed by atoms with Crippen LogP contribution < -0.4 is 10.6 Å². The number of carboxylic acids is 1. The molecular formula is C14H23N3O4. The molecule has 2 aliphatic rings. The fraction of sp³-hybridized carbons (Fsp3) is 0.786. The van der Waals surface area contributed by atoms with Gasteiger partial charge in [0.15, 0.2) is 0 Å². The largest absolute Gasteiger partial charge is 0.481 e. The van der Waals surface area contributed by atoms with E-state index in [1.165, 1.54) is 4.90 Å². The third kappa shape index (κ3) is 3.18. The maximum atomic E-state index is 13.0. The van der Waals surface area contributed by atoms with Crippen molar-refractivity contribution in [2.24, 2.45) is 5.41 Å². The summed E-state index contributed by atoms with van der Waals surface area (Å²) in [7, 11) is 0. The standard InChI is InChI=1S/C14H23N3O4/c1-2-3-14(4-5-15-9-14)13(21)17-7-6-16-12(20)10(17)8-11(18)19/h10,15H,2-9H2,1H3,(H,16,20)(H,18,19). The van der Waals surface area contributed by atoms with Gasteiger partial charge < -0.3 is 20.6 Å². The van der Waals surface area contributed by atoms with Gasteiger partial charge in [0.25, 0.3) is 0 Å². The van der Waals surface area contributed by atoms with Crippen molar-refractivity contribution in [3.63, 3.8) is 0 Å². The van der Waals surface area contributed by atoms with Gasteiger partial charge in [0.1, 0.15) is 6.04 Å². The number of carbonyl (C=O) groups excluding carboxylic acids is 2. The topological polar surface area (TPSA) is 98.7 Å². The molecule has 2 heterocycles. The molecule has 0 spiro atoms. The molecule has 0 aromatic rings. The van der Waals surface area contributed by atoms with E-state index in [1.54, 1.807) is 0 Å². The number of nitrogens with one attached hydrogen (secondary N) is 2. The number of rotatable bonds is 5. The van der Waals surface area contributed by atoms with Crippen LogP contribution in [0.5, 0.6) is 0 Å². The molecule has 2 atom stereocenters. The van der Waals surface area contributed by atoms with Gasteiger partial charge in [-0.25, -0.2) is 0 Å². The van der Waals surface area contributed by atoms with Crippen molar-refractivity contribution in [3.8, 4) is 0 Å². The molecule has 21 heavy (non-hydrogen) atoms. The van der Waals surface area contributed by atoms with Crippen molar-refractivity contribution in [3.05, 3.63) is 0 Å². The van der Waals surface area contributed by atoms with E-state index in [9.17, 15) is 14.4 Å². The van der Waals surface area contributed by atoms with Gasteiger partial charge in [-0.15, -0.1) is 0 Å². The second kappa shape index (κ2) is 6.43. The van der Waals surface area contributed by atoms with Gasteiger partial charge in [-0.05, 0) is 19.4 Å². The summed E-state index contributed by atoms with van der Waals surface area (Å²) in [6.45, 7) is 4.20. The molecule has 3 N–H and O–H groups in total. The van der Waals surface area contributed by atoms with Crippen LogP contribution in [0.25, 0.3) is 0 Å². The highest BCUT2D eigenvalue weighted by atomic mass is 16.4. The van der Waals surface area contributed by atoms with Gasteiger partial charge in [-0.3, -0.25) is 14.4 Å². The normalized spacial score (nSPS) is 29.3. The zero-order chi connectivity index (χ0) is 15.5. The predicted octanol–water partition coefficient (Wildman–Crippen LogP) is -0.432. The lowest BCUT2D eigenvalue weighted by molar-refractivity contribution is -0.154. The van der Waals surface area contributed by atoms with Crippen LogP contribution in [0, 0.1) is 5.41 Å². The molecule has 2 fully saturated rings. The third-order valence-electron chi connectivity index (χ3n) is 4.39. The van der Waals surface area contributed by atoms with Crippen LogP contribution in [-0.4, -0.2) is 60.0 Å². The van der Waals surface area contributed by atoms with Crippen LogP contribution >= 0.6 is 0 Å². The Morgan fingerprint density at radius 3 is 2.76 bits per heavy atom. The highest BCUT2D eigenvalue weighted by Gasteiger charge is 2.46. The lowest BCUT2D eigenvalue weighted by Gasteiger charge is -2.40. The minimum Gasteiger partial charge on any atom is -0.481 e. The first kappa shape index (κ1) is 15.8. The average Bonchev–Trinajstić information content (AvgIpc) is 2.90. The van der Waals surface area contributed by atoms with Crippen molar-refractivity contribution in [1.82, 2.24) is 15.5 Å². The van der Waals surface area contributed by atoms with E-state index in [0.29, 0.717) is 19.6 Å². The zero-order valence-electron chi connectivity index (χ0n) is 12.4. The quantitative estimate of drug-likeness (QED) is 0.639. The summed E-state index contributed by atoms with van der Waals surface area (Å²) in [5, 5.41) is 14.9. The molecule has 2 saturated heterocycles. The summed E-state index contributed by atoms with van der Waals surface area (Å²) < 4.78 is 0. The highest BCUT2D eigenvalue weighted by Crippen LogP contribution is 2.34. The van der Waals surface area contributed by atoms with E-state index in [0.717, 1.165) is 25.8 Å². The predicted molar refractivity (Wildman–Crippen MR) is 75.6 cm³/mol. The van der Waals surface area contributed by atoms with Gasteiger partial charge in [0.2, 0.25) is 11.8 Å². The molecule has 0 aromatic carbocycles. The molecule has 0 radical (unpaired) electrons. The fourth-order valence-corrected chi connectivity index (χ4v) is 3.36. The molecule has 2 rings (SSSR count). The lowest BCUT2D eigenvalue weighted by atomic mass is 9.80. The molecule has 2 amide bonds. The SMILES string of the molecule is CCCC1(C(=O)N2CCNC(=O)C2CC(=O)O)CCNC1. The zero-order valence-corrected chi connectivity index (χ0v) is 12.4. The smallest absolute Gasteiger partial charge is 0.305 e. The average molecular weight is 297 g/mol. The molecule has 0 aliphatic carbocycles. The van der Waals surface area contributed by atoms with Gasteiger partial charge in [-0.1, -0.05) is 13.3 Å². The van der Waals surface area contributed by atoms with Gasteiger partial charge in [-0.2, -0.15) is 0 Å². The van der Waals surface area contributed by atoms with Crippen molar-refractivity contribution < 1.29 is 19.5 Å². The monoisotopic (exact) mass is 297 g/mol. The summed E-state index contributed by atoms with van der Waals surface area (Å²) in [5.74, 6) is -1.51. The van der Waals surface area contributed by atoms with E-state index in [1.807, 2.05) is 6.92 Å². The Morgan fingerprint density at radius 2 is 2.19 bits per heavy atom. The van der Waals surface area contributed by atoms with Gasteiger partial charge in [0.05, 0.1) is 11.8 Å². The van der Waals surface area contributed by atoms with Crippen molar-refractivity contribution in [2.45, 2.75) is 38.6 Å². The van der Waals surface area contributed by atoms with E-state index in [-0.39, 0.29) is 18.2 Å². The van der Waals surface area contributed by atoms with Crippen LogP contribution in [0.4, 0.5) is 0 Å². The molecule has 0 bridgehead atoms. The van der Waals surface area contributed by atoms with Crippen LogP contribution in [-0.2, 0) is 14.4 Å². The number of hydrogen-bond acceptors (Lipinski definition) is 4. The first-order chi connectivity index (χ1) is 10.00. The summed E-state index contributed by atoms with van der Waals surface area (Å²) >= 11 is 0. The van der Waals surface area contributed by atoms with Crippen LogP contribution in [0.3, 0.4) is 0 Å². The Labute approximate surface area is 124 Å². The molecule has 7 nitrogen and oxygen atoms in total. The number of carboxylic acid groups (broad SMARTS) is 1. The number of hydrogen-bond donors (Lipinski definition) is 3. The molecular weight excluding hydrogens is 274 g/mol. The van der Waals surface area contributed by atoms with Crippen LogP contribution in [0.2, 0.25) is 0 Å². The molecule has 0 aromatic heterocycles. The number of carbonyl (C=O) groups is 3. The van der Waals surface area contributed by atoms with Crippen molar-refractivity contribution in [1.29, 1.82) is 0 Å². The Balaban J connectivity index is 2.21. The van der Waals surface area contributed by atoms with Gasteiger partial charge in [0, 0.05) is 19.6 Å². The highest BCUT2D eigenvalue weighted by molar-refractivity contribution is 5.93. The summed E-state index contributed by atoms with van der Waals surface area (Å²) in [5.41, 5.74) is -0.483. The number of aliphatic carboxylic acids is 1. The minimum absolute atomic E-state index is 0.0737. The summed E-state index contributed by atoms with van der Waals surface area (Å²) in [6.07, 6.45) is 2.05. The van der Waals surface area contributed by atoms with Crippen LogP contribution in [0.15, 0.2) is 0 Å². The molecule has 118 valence electrons. The number of nitrogens with zero attached hydrogens (tertiary/aromatic N) is 1. The van der Waals surface area contributed by atoms with Crippen molar-refractivity contribution >= 4 is 17.8 Å². The third-order valence-corrected chi connectivity index (χ3v) is 4.39. The second-order valence-electron chi connectivity index (χ2n) is 5.86. The Bertz CT molecular complexity index is 432. The summed E-state index contributed by atoms with van der Waals surface area (Å²) in [4.78, 5) is 37.4. The first-order valence-electron chi connectivity index (χ1n) is 7.51. The van der Waals surface area contributed by atoms with E-state index in [2.05, 4.69) is 10.6 Å². The molecule has 2 unspecified atom stereocenters. The van der Waals surface area contributed by atoms with Crippen LogP contribution in [0.1, 0.15) is 32.6 Å². The second-order valence-corrected chi connectivity index (χ2v) is 5.86. The maximum absolute atomic E-state index is 13.0. The molecule has 0 saturated carbocycles. The molecule has 7 heteroatoms. The van der Waals surface area contributed by atoms with E-state index >= 15 is 0 Å². The van der Waals surface area contributed by atoms with E-state index < -0.39 is 17.4 Å². The Kier molecular flexibility index (Phi) is 4.82. The first-order valence-corrected chi connectivity index (χ1v) is 7.51. The van der Waals surface area contributed by atoms with Crippen molar-refractivity contribution in [2.75, 3.05) is 26.2 Å². The Morgan fingerprint density at radius 1 is 1.43 bits per heavy atom. The fourth-order valence-electron chi connectivity index (χ4n) is 3.36. The Hall–Kier alpha value is -1.63. The van der Waals surface area contributed by atoms with E-state index in [4.69, 9.17) is 5.11 Å². The summed E-state index contributed by atoms with van der Waals surface area (Å²) in [6, 6.07) is -0.891. The lowest BCUT2D eigenvalue weighted by Crippen LogP contribution is -2.61. The minimum atomic E-state index is -1.07. The maximum Gasteiger partial charge on any atom is 0.305 e. The molecule has 2 aliphatic heterocycles. The van der Waals surface area contributed by atoms with Gasteiger partial charge >= 0.3 is 5.97 Å². The number of piperazine rings is 1.